The number of fused-ring (bicyclic) bond motifs is 2. The summed E-state index contributed by atoms with van der Waals surface area (Å²) in [6, 6.07) is 4.25. The molecule has 0 aliphatic carbocycles. The number of halogens is 5. The fraction of sp³-hybridized carbons (Fsp3) is 0.348. The molecule has 33 heavy (non-hydrogen) atoms. The van der Waals surface area contributed by atoms with Crippen molar-refractivity contribution in [2.45, 2.75) is 43.9 Å². The zero-order chi connectivity index (χ0) is 23.3. The number of nitrogens with zero attached hydrogens (tertiary/aromatic N) is 3. The molecule has 4 heterocycles. The van der Waals surface area contributed by atoms with Gasteiger partial charge in [0.1, 0.15) is 17.9 Å². The second-order valence-corrected chi connectivity index (χ2v) is 8.36. The van der Waals surface area contributed by atoms with Crippen molar-refractivity contribution in [1.29, 1.82) is 0 Å². The smallest absolute Gasteiger partial charge is 0.417 e. The SMILES string of the molecule is O=C(c1cccc(F)c1-c1ncco1)N1C2CCC1C(Cc1ncc(C(F)(F)F)cc1F)C2. The molecule has 3 aromatic rings. The predicted molar refractivity (Wildman–Crippen MR) is 106 cm³/mol. The molecule has 1 aromatic carbocycles. The lowest BCUT2D eigenvalue weighted by Crippen LogP contribution is -2.37. The summed E-state index contributed by atoms with van der Waals surface area (Å²) in [6.07, 6.45) is 0.713. The van der Waals surface area contributed by atoms with E-state index >= 15 is 0 Å². The zero-order valence-electron chi connectivity index (χ0n) is 17.1. The third kappa shape index (κ3) is 3.77. The summed E-state index contributed by atoms with van der Waals surface area (Å²) in [4.78, 5) is 22.8. The summed E-state index contributed by atoms with van der Waals surface area (Å²) in [6.45, 7) is 0. The first-order chi connectivity index (χ1) is 15.7. The average Bonchev–Trinajstić information content (AvgIpc) is 3.50. The van der Waals surface area contributed by atoms with E-state index in [2.05, 4.69) is 9.97 Å². The molecular weight excluding hydrogens is 445 g/mol. The number of rotatable bonds is 4. The van der Waals surface area contributed by atoms with Gasteiger partial charge in [-0.05, 0) is 49.8 Å². The van der Waals surface area contributed by atoms with E-state index in [4.69, 9.17) is 4.42 Å². The summed E-state index contributed by atoms with van der Waals surface area (Å²) in [5.74, 6) is -2.19. The van der Waals surface area contributed by atoms with Crippen LogP contribution in [0.1, 0.15) is 40.9 Å². The topological polar surface area (TPSA) is 59.2 Å². The van der Waals surface area contributed by atoms with Crippen LogP contribution >= 0.6 is 0 Å². The summed E-state index contributed by atoms with van der Waals surface area (Å²) in [5.41, 5.74) is -1.10. The molecule has 0 spiro atoms. The van der Waals surface area contributed by atoms with Crippen molar-refractivity contribution in [3.05, 3.63) is 71.4 Å². The minimum absolute atomic E-state index is 0.00410. The lowest BCUT2D eigenvalue weighted by atomic mass is 9.85. The number of carbonyl (C=O) groups is 1. The van der Waals surface area contributed by atoms with Crippen molar-refractivity contribution in [2.24, 2.45) is 5.92 Å². The molecule has 5 nitrogen and oxygen atoms in total. The quantitative estimate of drug-likeness (QED) is 0.495. The number of aromatic nitrogens is 2. The van der Waals surface area contributed by atoms with Gasteiger partial charge in [-0.1, -0.05) is 6.07 Å². The van der Waals surface area contributed by atoms with Crippen LogP contribution < -0.4 is 0 Å². The highest BCUT2D eigenvalue weighted by Crippen LogP contribution is 2.44. The first kappa shape index (κ1) is 21.5. The fourth-order valence-corrected chi connectivity index (χ4v) is 5.07. The predicted octanol–water partition coefficient (Wildman–Crippen LogP) is 5.27. The van der Waals surface area contributed by atoms with Gasteiger partial charge in [0.05, 0.1) is 28.6 Å². The van der Waals surface area contributed by atoms with Crippen molar-refractivity contribution in [2.75, 3.05) is 0 Å². The maximum absolute atomic E-state index is 14.6. The first-order valence-corrected chi connectivity index (χ1v) is 10.5. The van der Waals surface area contributed by atoms with Crippen LogP contribution in [0.3, 0.4) is 0 Å². The van der Waals surface area contributed by atoms with Crippen LogP contribution in [0.2, 0.25) is 0 Å². The fourth-order valence-electron chi connectivity index (χ4n) is 5.07. The number of oxazole rings is 1. The Morgan fingerprint density at radius 2 is 1.97 bits per heavy atom. The number of benzene rings is 1. The molecule has 2 saturated heterocycles. The van der Waals surface area contributed by atoms with E-state index in [9.17, 15) is 26.7 Å². The van der Waals surface area contributed by atoms with Gasteiger partial charge in [0.15, 0.2) is 0 Å². The molecule has 2 aromatic heterocycles. The second-order valence-electron chi connectivity index (χ2n) is 8.36. The summed E-state index contributed by atoms with van der Waals surface area (Å²) in [7, 11) is 0. The van der Waals surface area contributed by atoms with E-state index in [1.54, 1.807) is 4.90 Å². The van der Waals surface area contributed by atoms with Crippen molar-refractivity contribution in [3.63, 3.8) is 0 Å². The molecule has 0 saturated carbocycles. The molecule has 0 radical (unpaired) electrons. The Labute approximate surface area is 185 Å². The lowest BCUT2D eigenvalue weighted by molar-refractivity contribution is -0.138. The van der Waals surface area contributed by atoms with Gasteiger partial charge in [-0.25, -0.2) is 13.8 Å². The number of hydrogen-bond donors (Lipinski definition) is 0. The van der Waals surface area contributed by atoms with Crippen LogP contribution in [-0.2, 0) is 12.6 Å². The molecule has 10 heteroatoms. The number of alkyl halides is 3. The Morgan fingerprint density at radius 3 is 2.67 bits per heavy atom. The normalized spacial score (nSPS) is 22.2. The Hall–Kier alpha value is -3.30. The molecule has 3 unspecified atom stereocenters. The van der Waals surface area contributed by atoms with Crippen LogP contribution in [0.5, 0.6) is 0 Å². The molecular formula is C23H18F5N3O2. The van der Waals surface area contributed by atoms with Crippen molar-refractivity contribution in [1.82, 2.24) is 14.9 Å². The maximum Gasteiger partial charge on any atom is 0.417 e. The lowest BCUT2D eigenvalue weighted by Gasteiger charge is -2.25. The standard InChI is InChI=1S/C23H18F5N3O2/c24-16-3-1-2-15(20(16)21-29-6-7-33-21)22(32)31-14-4-5-19(31)12(8-14)9-18-17(25)10-13(11-30-18)23(26,27)28/h1-3,6-7,10-12,14,19H,4-5,8-9H2. The highest BCUT2D eigenvalue weighted by atomic mass is 19.4. The third-order valence-electron chi connectivity index (χ3n) is 6.49. The van der Waals surface area contributed by atoms with Gasteiger partial charge in [-0.2, -0.15) is 13.2 Å². The zero-order valence-corrected chi connectivity index (χ0v) is 17.1. The highest BCUT2D eigenvalue weighted by molar-refractivity contribution is 6.00. The van der Waals surface area contributed by atoms with E-state index in [1.807, 2.05) is 0 Å². The number of amides is 1. The monoisotopic (exact) mass is 463 g/mol. The largest absolute Gasteiger partial charge is 0.444 e. The van der Waals surface area contributed by atoms with Gasteiger partial charge in [0.25, 0.3) is 5.91 Å². The molecule has 0 N–H and O–H groups in total. The molecule has 2 bridgehead atoms. The third-order valence-corrected chi connectivity index (χ3v) is 6.49. The number of pyridine rings is 1. The maximum atomic E-state index is 14.6. The van der Waals surface area contributed by atoms with Gasteiger partial charge < -0.3 is 9.32 Å². The summed E-state index contributed by atoms with van der Waals surface area (Å²) < 4.78 is 72.6. The first-order valence-electron chi connectivity index (χ1n) is 10.5. The second kappa shape index (κ2) is 7.93. The molecule has 2 aliphatic rings. The van der Waals surface area contributed by atoms with Gasteiger partial charge in [-0.3, -0.25) is 9.78 Å². The molecule has 172 valence electrons. The van der Waals surface area contributed by atoms with Crippen molar-refractivity contribution >= 4 is 5.91 Å². The Morgan fingerprint density at radius 1 is 1.15 bits per heavy atom. The van der Waals surface area contributed by atoms with Crippen molar-refractivity contribution in [3.8, 4) is 11.5 Å². The van der Waals surface area contributed by atoms with E-state index in [1.165, 1.54) is 30.7 Å². The van der Waals surface area contributed by atoms with Crippen LogP contribution in [-0.4, -0.2) is 32.9 Å². The molecule has 3 atom stereocenters. The Kier molecular flexibility index (Phi) is 5.18. The Balaban J connectivity index is 1.40. The minimum atomic E-state index is -4.67. The molecule has 2 fully saturated rings. The molecule has 2 aliphatic heterocycles. The number of hydrogen-bond acceptors (Lipinski definition) is 4. The van der Waals surface area contributed by atoms with Gasteiger partial charge in [-0.15, -0.1) is 0 Å². The van der Waals surface area contributed by atoms with E-state index < -0.39 is 23.4 Å². The minimum Gasteiger partial charge on any atom is -0.444 e. The highest BCUT2D eigenvalue weighted by Gasteiger charge is 2.49. The number of carbonyl (C=O) groups excluding carboxylic acids is 1. The van der Waals surface area contributed by atoms with Crippen LogP contribution in [0.15, 0.2) is 47.3 Å². The van der Waals surface area contributed by atoms with E-state index in [-0.39, 0.29) is 53.0 Å². The van der Waals surface area contributed by atoms with E-state index in [0.717, 1.165) is 6.42 Å². The van der Waals surface area contributed by atoms with Gasteiger partial charge in [0.2, 0.25) is 5.89 Å². The van der Waals surface area contributed by atoms with Crippen LogP contribution in [0.4, 0.5) is 22.0 Å². The van der Waals surface area contributed by atoms with Crippen LogP contribution in [0, 0.1) is 17.6 Å². The molecule has 5 rings (SSSR count). The van der Waals surface area contributed by atoms with Gasteiger partial charge >= 0.3 is 6.18 Å². The Bertz CT molecular complexity index is 1200. The summed E-state index contributed by atoms with van der Waals surface area (Å²) >= 11 is 0. The molecule has 1 amide bonds. The van der Waals surface area contributed by atoms with Crippen LogP contribution in [0.25, 0.3) is 11.5 Å². The van der Waals surface area contributed by atoms with Gasteiger partial charge in [0, 0.05) is 18.3 Å². The van der Waals surface area contributed by atoms with E-state index in [0.29, 0.717) is 25.1 Å². The van der Waals surface area contributed by atoms with Crippen molar-refractivity contribution < 1.29 is 31.2 Å². The average molecular weight is 463 g/mol. The summed E-state index contributed by atoms with van der Waals surface area (Å²) in [5, 5.41) is 0.